The Hall–Kier alpha value is -1.16. The highest BCUT2D eigenvalue weighted by molar-refractivity contribution is 5.42. The van der Waals surface area contributed by atoms with Gasteiger partial charge in [-0.1, -0.05) is 0 Å². The fraction of sp³-hybridized carbons (Fsp3) is 0.400. The second kappa shape index (κ2) is 2.67. The molecule has 1 saturated heterocycles. The van der Waals surface area contributed by atoms with Gasteiger partial charge in [0.2, 0.25) is 6.29 Å². The van der Waals surface area contributed by atoms with Gasteiger partial charge in [-0.3, -0.25) is 0 Å². The highest BCUT2D eigenvalue weighted by Gasteiger charge is 2.41. The smallest absolute Gasteiger partial charge is 0.207 e. The molecule has 2 aliphatic heterocycles. The summed E-state index contributed by atoms with van der Waals surface area (Å²) in [6.45, 7) is 0.590. The van der Waals surface area contributed by atoms with Gasteiger partial charge in [-0.25, -0.2) is 8.78 Å². The first-order valence-electron chi connectivity index (χ1n) is 4.53. The van der Waals surface area contributed by atoms with Crippen LogP contribution in [0.3, 0.4) is 0 Å². The summed E-state index contributed by atoms with van der Waals surface area (Å²) >= 11 is 0. The van der Waals surface area contributed by atoms with E-state index < -0.39 is 17.9 Å². The van der Waals surface area contributed by atoms with Gasteiger partial charge in [-0.2, -0.15) is 0 Å². The van der Waals surface area contributed by atoms with Gasteiger partial charge in [0.05, 0.1) is 12.5 Å². The normalized spacial score (nSPS) is 28.4. The van der Waals surface area contributed by atoms with E-state index >= 15 is 0 Å². The van der Waals surface area contributed by atoms with Crippen LogP contribution in [0.25, 0.3) is 0 Å². The van der Waals surface area contributed by atoms with E-state index in [-0.39, 0.29) is 11.7 Å². The summed E-state index contributed by atoms with van der Waals surface area (Å²) in [7, 11) is 0. The summed E-state index contributed by atoms with van der Waals surface area (Å²) in [5, 5.41) is 0. The van der Waals surface area contributed by atoms with Gasteiger partial charge in [-0.05, 0) is 12.5 Å². The summed E-state index contributed by atoms with van der Waals surface area (Å²) < 4.78 is 36.7. The van der Waals surface area contributed by atoms with Gasteiger partial charge in [0.25, 0.3) is 0 Å². The largest absolute Gasteiger partial charge is 0.461 e. The number of hydrogen-bond donors (Lipinski definition) is 0. The molecule has 0 radical (unpaired) electrons. The maximum absolute atomic E-state index is 13.2. The second-order valence-corrected chi connectivity index (χ2v) is 3.56. The summed E-state index contributed by atoms with van der Waals surface area (Å²) in [5.74, 6) is -1.05. The molecule has 1 aromatic rings. The number of hydrogen-bond acceptors (Lipinski definition) is 2. The van der Waals surface area contributed by atoms with Crippen LogP contribution in [-0.4, -0.2) is 12.9 Å². The average molecular weight is 198 g/mol. The fourth-order valence-electron chi connectivity index (χ4n) is 2.08. The molecule has 0 unspecified atom stereocenters. The SMILES string of the molecule is Fc1cc(F)c2c(c1)[C@@H]1CCO[C@@H]1O2. The third-order valence-corrected chi connectivity index (χ3v) is 2.71. The third kappa shape index (κ3) is 0.973. The maximum atomic E-state index is 13.2. The minimum atomic E-state index is -0.641. The van der Waals surface area contributed by atoms with Crippen LogP contribution in [0, 0.1) is 11.6 Å². The van der Waals surface area contributed by atoms with Gasteiger partial charge in [-0.15, -0.1) is 0 Å². The number of benzene rings is 1. The molecule has 1 aromatic carbocycles. The zero-order valence-electron chi connectivity index (χ0n) is 7.30. The molecule has 2 aliphatic rings. The molecule has 0 aliphatic carbocycles. The van der Waals surface area contributed by atoms with Crippen molar-refractivity contribution in [1.29, 1.82) is 0 Å². The van der Waals surface area contributed by atoms with Crippen molar-refractivity contribution >= 4 is 0 Å². The molecule has 0 aromatic heterocycles. The van der Waals surface area contributed by atoms with Crippen molar-refractivity contribution in [3.63, 3.8) is 0 Å². The lowest BCUT2D eigenvalue weighted by atomic mass is 9.98. The molecule has 0 spiro atoms. The van der Waals surface area contributed by atoms with Crippen LogP contribution in [0.4, 0.5) is 8.78 Å². The van der Waals surface area contributed by atoms with Crippen molar-refractivity contribution in [1.82, 2.24) is 0 Å². The van der Waals surface area contributed by atoms with E-state index in [4.69, 9.17) is 9.47 Å². The van der Waals surface area contributed by atoms with E-state index in [2.05, 4.69) is 0 Å². The summed E-state index contributed by atoms with van der Waals surface area (Å²) in [5.41, 5.74) is 0.602. The Morgan fingerprint density at radius 3 is 3.00 bits per heavy atom. The summed E-state index contributed by atoms with van der Waals surface area (Å²) in [4.78, 5) is 0. The van der Waals surface area contributed by atoms with Crippen LogP contribution in [0.15, 0.2) is 12.1 Å². The first-order chi connectivity index (χ1) is 6.75. The third-order valence-electron chi connectivity index (χ3n) is 2.71. The number of halogens is 2. The van der Waals surface area contributed by atoms with Gasteiger partial charge >= 0.3 is 0 Å². The lowest BCUT2D eigenvalue weighted by Crippen LogP contribution is -2.13. The topological polar surface area (TPSA) is 18.5 Å². The van der Waals surface area contributed by atoms with Crippen LogP contribution >= 0.6 is 0 Å². The fourth-order valence-corrected chi connectivity index (χ4v) is 2.08. The number of ether oxygens (including phenoxy) is 2. The molecule has 14 heavy (non-hydrogen) atoms. The predicted molar refractivity (Wildman–Crippen MR) is 44.1 cm³/mol. The molecule has 0 saturated carbocycles. The van der Waals surface area contributed by atoms with E-state index in [9.17, 15) is 8.78 Å². The molecule has 74 valence electrons. The molecule has 2 atom stereocenters. The first-order valence-corrected chi connectivity index (χ1v) is 4.53. The molecule has 1 fully saturated rings. The van der Waals surface area contributed by atoms with E-state index in [1.165, 1.54) is 6.07 Å². The highest BCUT2D eigenvalue weighted by atomic mass is 19.1. The van der Waals surface area contributed by atoms with Crippen LogP contribution in [0.2, 0.25) is 0 Å². The average Bonchev–Trinajstić information content (AvgIpc) is 2.65. The Kier molecular flexibility index (Phi) is 1.56. The van der Waals surface area contributed by atoms with Gasteiger partial charge in [0, 0.05) is 11.6 Å². The van der Waals surface area contributed by atoms with Crippen LogP contribution in [0.1, 0.15) is 17.9 Å². The molecule has 4 heteroatoms. The lowest BCUT2D eigenvalue weighted by molar-refractivity contribution is -0.0354. The Balaban J connectivity index is 2.14. The number of fused-ring (bicyclic) bond motifs is 3. The molecule has 0 bridgehead atoms. The van der Waals surface area contributed by atoms with Crippen molar-refractivity contribution in [2.24, 2.45) is 0 Å². The Bertz CT molecular complexity index is 392. The minimum absolute atomic E-state index is 0.00444. The zero-order chi connectivity index (χ0) is 9.71. The monoisotopic (exact) mass is 198 g/mol. The first kappa shape index (κ1) is 8.17. The number of rotatable bonds is 0. The molecule has 3 rings (SSSR count). The molecule has 2 heterocycles. The van der Waals surface area contributed by atoms with Crippen LogP contribution in [0.5, 0.6) is 5.75 Å². The zero-order valence-corrected chi connectivity index (χ0v) is 7.30. The van der Waals surface area contributed by atoms with Crippen molar-refractivity contribution in [3.05, 3.63) is 29.3 Å². The van der Waals surface area contributed by atoms with Gasteiger partial charge in [0.15, 0.2) is 11.6 Å². The predicted octanol–water partition coefficient (Wildman–Crippen LogP) is 2.19. The quantitative estimate of drug-likeness (QED) is 0.636. The molecule has 2 nitrogen and oxygen atoms in total. The van der Waals surface area contributed by atoms with Crippen molar-refractivity contribution < 1.29 is 18.3 Å². The Morgan fingerprint density at radius 1 is 1.29 bits per heavy atom. The van der Waals surface area contributed by atoms with Gasteiger partial charge < -0.3 is 9.47 Å². The van der Waals surface area contributed by atoms with E-state index in [1.54, 1.807) is 0 Å². The van der Waals surface area contributed by atoms with E-state index in [0.717, 1.165) is 12.5 Å². The molecule has 0 amide bonds. The summed E-state index contributed by atoms with van der Waals surface area (Å²) in [6, 6.07) is 2.16. The van der Waals surface area contributed by atoms with Crippen molar-refractivity contribution in [3.8, 4) is 5.75 Å². The minimum Gasteiger partial charge on any atom is -0.461 e. The standard InChI is InChI=1S/C10H8F2O2/c11-5-3-7-6-1-2-13-10(6)14-9(7)8(12)4-5/h3-4,6,10H,1-2H2/t6-,10+/m0/s1. The second-order valence-electron chi connectivity index (χ2n) is 3.56. The molecule has 0 N–H and O–H groups in total. The van der Waals surface area contributed by atoms with Crippen LogP contribution in [-0.2, 0) is 4.74 Å². The summed E-state index contributed by atoms with van der Waals surface area (Å²) in [6.07, 6.45) is 0.349. The van der Waals surface area contributed by atoms with Gasteiger partial charge in [0.1, 0.15) is 5.82 Å². The van der Waals surface area contributed by atoms with Crippen LogP contribution < -0.4 is 4.74 Å². The Labute approximate surface area is 79.4 Å². The molecular formula is C10H8F2O2. The Morgan fingerprint density at radius 2 is 2.14 bits per heavy atom. The van der Waals surface area contributed by atoms with E-state index in [1.807, 2.05) is 0 Å². The van der Waals surface area contributed by atoms with Crippen molar-refractivity contribution in [2.45, 2.75) is 18.6 Å². The molecular weight excluding hydrogens is 190 g/mol. The highest BCUT2D eigenvalue weighted by Crippen LogP contribution is 2.45. The van der Waals surface area contributed by atoms with Crippen molar-refractivity contribution in [2.75, 3.05) is 6.61 Å². The lowest BCUT2D eigenvalue weighted by Gasteiger charge is -2.06. The maximum Gasteiger partial charge on any atom is 0.207 e. The van der Waals surface area contributed by atoms with E-state index in [0.29, 0.717) is 12.2 Å².